The molecule has 1 saturated heterocycles. The number of hydrogen-bond acceptors (Lipinski definition) is 3. The maximum atomic E-state index is 11.7. The van der Waals surface area contributed by atoms with Crippen molar-refractivity contribution >= 4 is 11.7 Å². The summed E-state index contributed by atoms with van der Waals surface area (Å²) >= 11 is 0. The fourth-order valence-electron chi connectivity index (χ4n) is 1.60. The standard InChI is InChI=1S/C11H18N2O2/c1-12(2)7-6-10(14)9-4-5-11(15)13(3)8-9/h6-7,9H,4-5,8H2,1-3H3/b7-6+. The summed E-state index contributed by atoms with van der Waals surface area (Å²) in [4.78, 5) is 26.4. The average molecular weight is 210 g/mol. The third-order valence-corrected chi connectivity index (χ3v) is 2.57. The Hall–Kier alpha value is -1.32. The van der Waals surface area contributed by atoms with Crippen molar-refractivity contribution in [2.24, 2.45) is 5.92 Å². The third-order valence-electron chi connectivity index (χ3n) is 2.57. The normalized spacial score (nSPS) is 22.2. The van der Waals surface area contributed by atoms with Crippen LogP contribution < -0.4 is 0 Å². The van der Waals surface area contributed by atoms with Gasteiger partial charge in [-0.15, -0.1) is 0 Å². The van der Waals surface area contributed by atoms with Crippen molar-refractivity contribution in [3.05, 3.63) is 12.3 Å². The van der Waals surface area contributed by atoms with Crippen LogP contribution in [0.1, 0.15) is 12.8 Å². The Morgan fingerprint density at radius 1 is 1.53 bits per heavy atom. The number of likely N-dealkylation sites (tertiary alicyclic amines) is 1. The van der Waals surface area contributed by atoms with Gasteiger partial charge in [-0.05, 0) is 12.5 Å². The van der Waals surface area contributed by atoms with Crippen molar-refractivity contribution in [1.29, 1.82) is 0 Å². The molecule has 0 N–H and O–H groups in total. The van der Waals surface area contributed by atoms with Crippen LogP contribution in [-0.4, -0.2) is 49.2 Å². The molecule has 4 heteroatoms. The molecule has 1 amide bonds. The zero-order valence-corrected chi connectivity index (χ0v) is 9.56. The SMILES string of the molecule is CN(C)/C=C/C(=O)C1CCC(=O)N(C)C1. The van der Waals surface area contributed by atoms with Crippen molar-refractivity contribution in [1.82, 2.24) is 9.80 Å². The Morgan fingerprint density at radius 3 is 2.73 bits per heavy atom. The van der Waals surface area contributed by atoms with Gasteiger partial charge in [0, 0.05) is 46.2 Å². The van der Waals surface area contributed by atoms with Gasteiger partial charge < -0.3 is 9.80 Å². The molecule has 0 aromatic rings. The Kier molecular flexibility index (Phi) is 3.88. The van der Waals surface area contributed by atoms with Crippen LogP contribution in [-0.2, 0) is 9.59 Å². The van der Waals surface area contributed by atoms with Crippen molar-refractivity contribution in [2.45, 2.75) is 12.8 Å². The molecule has 0 aromatic carbocycles. The first-order valence-corrected chi connectivity index (χ1v) is 5.13. The van der Waals surface area contributed by atoms with Crippen LogP contribution in [0.3, 0.4) is 0 Å². The van der Waals surface area contributed by atoms with E-state index in [1.165, 1.54) is 0 Å². The average Bonchev–Trinajstić information content (AvgIpc) is 2.18. The summed E-state index contributed by atoms with van der Waals surface area (Å²) in [6.45, 7) is 0.551. The highest BCUT2D eigenvalue weighted by Crippen LogP contribution is 2.17. The molecule has 1 atom stereocenters. The van der Waals surface area contributed by atoms with Crippen molar-refractivity contribution < 1.29 is 9.59 Å². The van der Waals surface area contributed by atoms with Crippen molar-refractivity contribution in [3.8, 4) is 0 Å². The molecule has 1 aliphatic heterocycles. The molecule has 1 unspecified atom stereocenters. The van der Waals surface area contributed by atoms with Crippen LogP contribution in [0, 0.1) is 5.92 Å². The van der Waals surface area contributed by atoms with E-state index in [4.69, 9.17) is 0 Å². The summed E-state index contributed by atoms with van der Waals surface area (Å²) in [5, 5.41) is 0. The number of piperidine rings is 1. The molecular formula is C11H18N2O2. The highest BCUT2D eigenvalue weighted by Gasteiger charge is 2.26. The van der Waals surface area contributed by atoms with E-state index in [1.807, 2.05) is 19.0 Å². The van der Waals surface area contributed by atoms with Gasteiger partial charge in [0.05, 0.1) is 0 Å². The van der Waals surface area contributed by atoms with Crippen LogP contribution in [0.5, 0.6) is 0 Å². The Labute approximate surface area is 90.5 Å². The zero-order chi connectivity index (χ0) is 11.4. The number of nitrogens with zero attached hydrogens (tertiary/aromatic N) is 2. The molecule has 1 fully saturated rings. The summed E-state index contributed by atoms with van der Waals surface area (Å²) in [5.41, 5.74) is 0. The van der Waals surface area contributed by atoms with Crippen molar-refractivity contribution in [2.75, 3.05) is 27.7 Å². The summed E-state index contributed by atoms with van der Waals surface area (Å²) in [5.74, 6) is 0.225. The molecule has 0 saturated carbocycles. The minimum Gasteiger partial charge on any atom is -0.383 e. The van der Waals surface area contributed by atoms with Gasteiger partial charge >= 0.3 is 0 Å². The van der Waals surface area contributed by atoms with E-state index in [2.05, 4.69) is 0 Å². The first-order valence-electron chi connectivity index (χ1n) is 5.13. The smallest absolute Gasteiger partial charge is 0.222 e. The van der Waals surface area contributed by atoms with Gasteiger partial charge in [-0.3, -0.25) is 9.59 Å². The van der Waals surface area contributed by atoms with Gasteiger partial charge in [-0.2, -0.15) is 0 Å². The summed E-state index contributed by atoms with van der Waals surface area (Å²) in [6.07, 6.45) is 4.51. The molecule has 15 heavy (non-hydrogen) atoms. The summed E-state index contributed by atoms with van der Waals surface area (Å²) in [7, 11) is 5.50. The maximum Gasteiger partial charge on any atom is 0.222 e. The lowest BCUT2D eigenvalue weighted by molar-refractivity contribution is -0.135. The van der Waals surface area contributed by atoms with Crippen LogP contribution in [0.2, 0.25) is 0 Å². The van der Waals surface area contributed by atoms with Gasteiger partial charge in [-0.1, -0.05) is 0 Å². The van der Waals surface area contributed by atoms with Crippen LogP contribution >= 0.6 is 0 Å². The first-order chi connectivity index (χ1) is 7.00. The molecule has 1 rings (SSSR count). The zero-order valence-electron chi connectivity index (χ0n) is 9.56. The highest BCUT2D eigenvalue weighted by atomic mass is 16.2. The second-order valence-electron chi connectivity index (χ2n) is 4.19. The fourth-order valence-corrected chi connectivity index (χ4v) is 1.60. The Bertz CT molecular complexity index is 284. The second kappa shape index (κ2) is 4.96. The molecule has 84 valence electrons. The highest BCUT2D eigenvalue weighted by molar-refractivity contribution is 5.93. The van der Waals surface area contributed by atoms with Gasteiger partial charge in [0.1, 0.15) is 0 Å². The molecule has 0 aromatic heterocycles. The number of hydrogen-bond donors (Lipinski definition) is 0. The van der Waals surface area contributed by atoms with Crippen LogP contribution in [0.25, 0.3) is 0 Å². The quantitative estimate of drug-likeness (QED) is 0.637. The molecule has 0 aliphatic carbocycles. The molecule has 0 radical (unpaired) electrons. The number of carbonyl (C=O) groups is 2. The number of carbonyl (C=O) groups excluding carboxylic acids is 2. The lowest BCUT2D eigenvalue weighted by atomic mass is 9.93. The molecule has 4 nitrogen and oxygen atoms in total. The molecule has 1 aliphatic rings. The molecule has 0 bridgehead atoms. The topological polar surface area (TPSA) is 40.6 Å². The van der Waals surface area contributed by atoms with Gasteiger partial charge in [0.2, 0.25) is 5.91 Å². The lowest BCUT2D eigenvalue weighted by Gasteiger charge is -2.28. The Balaban J connectivity index is 2.51. The first kappa shape index (κ1) is 11.8. The van der Waals surface area contributed by atoms with E-state index < -0.39 is 0 Å². The monoisotopic (exact) mass is 210 g/mol. The van der Waals surface area contributed by atoms with Crippen molar-refractivity contribution in [3.63, 3.8) is 0 Å². The maximum absolute atomic E-state index is 11.7. The molecule has 0 spiro atoms. The minimum atomic E-state index is -0.0242. The Morgan fingerprint density at radius 2 is 2.20 bits per heavy atom. The predicted octanol–water partition coefficient (Wildman–Crippen LogP) is 0.499. The molecule has 1 heterocycles. The number of rotatable bonds is 3. The van der Waals surface area contributed by atoms with E-state index in [1.54, 1.807) is 24.2 Å². The van der Waals surface area contributed by atoms with Gasteiger partial charge in [-0.25, -0.2) is 0 Å². The van der Waals surface area contributed by atoms with Crippen LogP contribution in [0.15, 0.2) is 12.3 Å². The van der Waals surface area contributed by atoms with E-state index in [-0.39, 0.29) is 17.6 Å². The van der Waals surface area contributed by atoms with Crippen LogP contribution in [0.4, 0.5) is 0 Å². The molecular weight excluding hydrogens is 192 g/mol. The summed E-state index contributed by atoms with van der Waals surface area (Å²) in [6, 6.07) is 0. The lowest BCUT2D eigenvalue weighted by Crippen LogP contribution is -2.39. The van der Waals surface area contributed by atoms with E-state index in [0.717, 1.165) is 0 Å². The summed E-state index contributed by atoms with van der Waals surface area (Å²) < 4.78 is 0. The fraction of sp³-hybridized carbons (Fsp3) is 0.636. The van der Waals surface area contributed by atoms with E-state index in [9.17, 15) is 9.59 Å². The van der Waals surface area contributed by atoms with E-state index in [0.29, 0.717) is 19.4 Å². The third kappa shape index (κ3) is 3.38. The van der Waals surface area contributed by atoms with Gasteiger partial charge in [0.15, 0.2) is 5.78 Å². The van der Waals surface area contributed by atoms with Gasteiger partial charge in [0.25, 0.3) is 0 Å². The minimum absolute atomic E-state index is 0.0242. The number of allylic oxidation sites excluding steroid dienone is 1. The largest absolute Gasteiger partial charge is 0.383 e. The second-order valence-corrected chi connectivity index (χ2v) is 4.19. The number of ketones is 1. The van der Waals surface area contributed by atoms with E-state index >= 15 is 0 Å². The predicted molar refractivity (Wildman–Crippen MR) is 58.2 cm³/mol. The number of amides is 1.